The van der Waals surface area contributed by atoms with Gasteiger partial charge in [-0.2, -0.15) is 0 Å². The Balaban J connectivity index is 2.02. The Morgan fingerprint density at radius 2 is 2.45 bits per heavy atom. The summed E-state index contributed by atoms with van der Waals surface area (Å²) in [5, 5.41) is 2.87. The van der Waals surface area contributed by atoms with Crippen LogP contribution in [0.25, 0.3) is 0 Å². The van der Waals surface area contributed by atoms with Gasteiger partial charge in [0.05, 0.1) is 5.54 Å². The number of carbonyl (C=O) groups is 1. The summed E-state index contributed by atoms with van der Waals surface area (Å²) < 4.78 is 4.86. The molecule has 1 aliphatic heterocycles. The van der Waals surface area contributed by atoms with E-state index >= 15 is 0 Å². The van der Waals surface area contributed by atoms with E-state index in [1.165, 1.54) is 0 Å². The molecule has 2 aliphatic rings. The molecule has 11 heavy (non-hydrogen) atoms. The molecule has 0 aromatic carbocycles. The fourth-order valence-electron chi connectivity index (χ4n) is 1.99. The van der Waals surface area contributed by atoms with E-state index in [1.54, 1.807) is 0 Å². The molecule has 1 saturated carbocycles. The van der Waals surface area contributed by atoms with Crippen LogP contribution >= 0.6 is 0 Å². The molecule has 0 aromatic heterocycles. The van der Waals surface area contributed by atoms with E-state index < -0.39 is 0 Å². The maximum absolute atomic E-state index is 10.7. The van der Waals surface area contributed by atoms with Crippen molar-refractivity contribution in [2.75, 3.05) is 6.61 Å². The lowest BCUT2D eigenvalue weighted by atomic mass is 10.1. The highest BCUT2D eigenvalue weighted by Crippen LogP contribution is 2.50. The summed E-state index contributed by atoms with van der Waals surface area (Å²) in [6.45, 7) is 4.95. The van der Waals surface area contributed by atoms with Crippen LogP contribution in [-0.2, 0) is 4.74 Å². The second-order valence-corrected chi connectivity index (χ2v) is 3.91. The van der Waals surface area contributed by atoms with Crippen molar-refractivity contribution in [3.8, 4) is 0 Å². The molecule has 3 nitrogen and oxygen atoms in total. The summed E-state index contributed by atoms with van der Waals surface area (Å²) in [5.74, 6) is 1.28. The third-order valence-electron chi connectivity index (χ3n) is 2.75. The van der Waals surface area contributed by atoms with Gasteiger partial charge in [-0.15, -0.1) is 0 Å². The van der Waals surface area contributed by atoms with Crippen molar-refractivity contribution in [1.82, 2.24) is 5.32 Å². The molecule has 1 N–H and O–H groups in total. The van der Waals surface area contributed by atoms with E-state index in [-0.39, 0.29) is 11.6 Å². The first-order chi connectivity index (χ1) is 5.14. The first-order valence-electron chi connectivity index (χ1n) is 4.09. The summed E-state index contributed by atoms with van der Waals surface area (Å²) in [4.78, 5) is 10.7. The van der Waals surface area contributed by atoms with E-state index in [2.05, 4.69) is 19.2 Å². The molecule has 0 radical (unpaired) electrons. The van der Waals surface area contributed by atoms with Crippen LogP contribution in [0.1, 0.15) is 20.3 Å². The quantitative estimate of drug-likeness (QED) is 0.616. The van der Waals surface area contributed by atoms with Gasteiger partial charge in [0.2, 0.25) is 0 Å². The molecule has 1 aliphatic carbocycles. The average Bonchev–Trinajstić information content (AvgIpc) is 2.48. The van der Waals surface area contributed by atoms with Crippen LogP contribution in [0.5, 0.6) is 0 Å². The topological polar surface area (TPSA) is 38.3 Å². The van der Waals surface area contributed by atoms with Crippen molar-refractivity contribution in [2.24, 2.45) is 11.8 Å². The number of cyclic esters (lactones) is 1. The highest BCUT2D eigenvalue weighted by Gasteiger charge is 2.60. The van der Waals surface area contributed by atoms with Gasteiger partial charge in [-0.3, -0.25) is 0 Å². The van der Waals surface area contributed by atoms with Crippen LogP contribution in [0.4, 0.5) is 4.79 Å². The standard InChI is InChI=1S/C8H13NO2/c1-5(2)6-3-8(6)4-11-7(10)9-8/h5-6H,3-4H2,1-2H3,(H,9,10). The highest BCUT2D eigenvalue weighted by molar-refractivity contribution is 5.71. The van der Waals surface area contributed by atoms with Gasteiger partial charge in [0.15, 0.2) is 0 Å². The van der Waals surface area contributed by atoms with Gasteiger partial charge in [-0.1, -0.05) is 13.8 Å². The van der Waals surface area contributed by atoms with Gasteiger partial charge >= 0.3 is 6.09 Å². The minimum atomic E-state index is -0.242. The molecule has 2 rings (SSSR count). The fraction of sp³-hybridized carbons (Fsp3) is 0.875. The van der Waals surface area contributed by atoms with Crippen molar-refractivity contribution in [2.45, 2.75) is 25.8 Å². The number of hydrogen-bond donors (Lipinski definition) is 1. The predicted octanol–water partition coefficient (Wildman–Crippen LogP) is 1.14. The van der Waals surface area contributed by atoms with Gasteiger partial charge in [-0.25, -0.2) is 4.79 Å². The van der Waals surface area contributed by atoms with E-state index in [4.69, 9.17) is 4.74 Å². The Morgan fingerprint density at radius 3 is 2.82 bits per heavy atom. The van der Waals surface area contributed by atoms with Gasteiger partial charge in [0.25, 0.3) is 0 Å². The first-order valence-corrected chi connectivity index (χ1v) is 4.09. The number of amides is 1. The maximum atomic E-state index is 10.7. The normalized spacial score (nSPS) is 41.0. The molecule has 1 spiro atoms. The summed E-state index contributed by atoms with van der Waals surface area (Å²) in [6, 6.07) is 0. The van der Waals surface area contributed by atoms with Gasteiger partial charge in [0, 0.05) is 0 Å². The molecule has 1 saturated heterocycles. The summed E-state index contributed by atoms with van der Waals surface area (Å²) in [7, 11) is 0. The smallest absolute Gasteiger partial charge is 0.407 e. The number of carbonyl (C=O) groups excluding carboxylic acids is 1. The lowest BCUT2D eigenvalue weighted by Gasteiger charge is -2.07. The van der Waals surface area contributed by atoms with Crippen LogP contribution in [0.15, 0.2) is 0 Å². The summed E-state index contributed by atoms with van der Waals surface area (Å²) in [6.07, 6.45) is 0.851. The van der Waals surface area contributed by atoms with Crippen molar-refractivity contribution in [3.05, 3.63) is 0 Å². The molecular formula is C8H13NO2. The molecule has 0 aromatic rings. The molecule has 3 heteroatoms. The zero-order chi connectivity index (χ0) is 8.06. The van der Waals surface area contributed by atoms with Crippen LogP contribution in [0.2, 0.25) is 0 Å². The number of ether oxygens (including phenoxy) is 1. The molecule has 2 unspecified atom stereocenters. The Morgan fingerprint density at radius 1 is 1.73 bits per heavy atom. The van der Waals surface area contributed by atoms with Crippen LogP contribution in [0.3, 0.4) is 0 Å². The molecule has 1 amide bonds. The number of alkyl carbamates (subject to hydrolysis) is 1. The summed E-state index contributed by atoms with van der Waals surface area (Å²) in [5.41, 5.74) is 0.0330. The lowest BCUT2D eigenvalue weighted by Crippen LogP contribution is -2.31. The molecule has 1 heterocycles. The van der Waals surface area contributed by atoms with Gasteiger partial charge < -0.3 is 10.1 Å². The van der Waals surface area contributed by atoms with Crippen LogP contribution in [-0.4, -0.2) is 18.2 Å². The van der Waals surface area contributed by atoms with Crippen molar-refractivity contribution < 1.29 is 9.53 Å². The molecule has 2 atom stereocenters. The Hall–Kier alpha value is -0.730. The Labute approximate surface area is 66.1 Å². The first kappa shape index (κ1) is 6.95. The molecule has 2 fully saturated rings. The van der Waals surface area contributed by atoms with E-state index in [1.807, 2.05) is 0 Å². The lowest BCUT2D eigenvalue weighted by molar-refractivity contribution is 0.175. The van der Waals surface area contributed by atoms with Gasteiger partial charge in [0.1, 0.15) is 6.61 Å². The fourth-order valence-corrected chi connectivity index (χ4v) is 1.99. The van der Waals surface area contributed by atoms with Crippen LogP contribution in [0, 0.1) is 11.8 Å². The average molecular weight is 155 g/mol. The van der Waals surface area contributed by atoms with Crippen LogP contribution < -0.4 is 5.32 Å². The second-order valence-electron chi connectivity index (χ2n) is 3.91. The zero-order valence-electron chi connectivity index (χ0n) is 6.89. The third-order valence-corrected chi connectivity index (χ3v) is 2.75. The molecule has 0 bridgehead atoms. The van der Waals surface area contributed by atoms with E-state index in [9.17, 15) is 4.79 Å². The number of hydrogen-bond acceptors (Lipinski definition) is 2. The van der Waals surface area contributed by atoms with Crippen molar-refractivity contribution in [3.63, 3.8) is 0 Å². The number of rotatable bonds is 1. The minimum Gasteiger partial charge on any atom is -0.447 e. The van der Waals surface area contributed by atoms with Crippen molar-refractivity contribution >= 4 is 6.09 Å². The van der Waals surface area contributed by atoms with E-state index in [0.29, 0.717) is 18.4 Å². The third kappa shape index (κ3) is 0.905. The van der Waals surface area contributed by atoms with Crippen molar-refractivity contribution in [1.29, 1.82) is 0 Å². The number of nitrogens with one attached hydrogen (secondary N) is 1. The Kier molecular flexibility index (Phi) is 1.20. The van der Waals surface area contributed by atoms with Gasteiger partial charge in [-0.05, 0) is 18.3 Å². The maximum Gasteiger partial charge on any atom is 0.407 e. The predicted molar refractivity (Wildman–Crippen MR) is 40.2 cm³/mol. The largest absolute Gasteiger partial charge is 0.447 e. The monoisotopic (exact) mass is 155 g/mol. The molecule has 62 valence electrons. The molecular weight excluding hydrogens is 142 g/mol. The SMILES string of the molecule is CC(C)C1CC12COC(=O)N2. The zero-order valence-corrected chi connectivity index (χ0v) is 6.89. The Bertz CT molecular complexity index is 202. The van der Waals surface area contributed by atoms with E-state index in [0.717, 1.165) is 6.42 Å². The minimum absolute atomic E-state index is 0.0330. The highest BCUT2D eigenvalue weighted by atomic mass is 16.6. The second kappa shape index (κ2) is 1.90. The summed E-state index contributed by atoms with van der Waals surface area (Å²) >= 11 is 0.